The maximum absolute atomic E-state index is 11.0. The number of nitrogens with zero attached hydrogens (tertiary/aromatic N) is 2. The van der Waals surface area contributed by atoms with E-state index < -0.39 is 11.9 Å². The van der Waals surface area contributed by atoms with Crippen molar-refractivity contribution in [2.75, 3.05) is 60.6 Å². The van der Waals surface area contributed by atoms with Crippen LogP contribution in [0.15, 0.2) is 82.3 Å². The summed E-state index contributed by atoms with van der Waals surface area (Å²) in [6.07, 6.45) is 18.1. The van der Waals surface area contributed by atoms with Crippen molar-refractivity contribution in [3.05, 3.63) is 93.1 Å². The summed E-state index contributed by atoms with van der Waals surface area (Å²) in [5.74, 6) is 4.35. The first-order chi connectivity index (χ1) is 26.4. The number of hydrogen-bond acceptors (Lipinski definition) is 9. The Morgan fingerprint density at radius 1 is 0.926 bits per heavy atom. The van der Waals surface area contributed by atoms with Gasteiger partial charge in [-0.3, -0.25) is 0 Å². The van der Waals surface area contributed by atoms with Crippen molar-refractivity contribution in [2.45, 2.75) is 68.7 Å². The van der Waals surface area contributed by atoms with Crippen LogP contribution in [0.3, 0.4) is 0 Å². The van der Waals surface area contributed by atoms with Crippen LogP contribution in [0.5, 0.6) is 0 Å². The normalized spacial score (nSPS) is 18.1. The minimum atomic E-state index is -1.03. The molecule has 288 valence electrons. The van der Waals surface area contributed by atoms with Gasteiger partial charge in [-0.1, -0.05) is 6.07 Å². The van der Waals surface area contributed by atoms with Gasteiger partial charge in [0.1, 0.15) is 0 Å². The van der Waals surface area contributed by atoms with Crippen LogP contribution in [0.4, 0.5) is 5.69 Å². The Morgan fingerprint density at radius 3 is 2.33 bits per heavy atom. The van der Waals surface area contributed by atoms with Gasteiger partial charge in [-0.25, -0.2) is 0 Å². The summed E-state index contributed by atoms with van der Waals surface area (Å²) in [7, 11) is 0. The molecule has 8 nitrogen and oxygen atoms in total. The van der Waals surface area contributed by atoms with Crippen molar-refractivity contribution in [1.82, 2.24) is 10.6 Å². The number of anilines is 1. The zero-order chi connectivity index (χ0) is 37.7. The number of aromatic nitrogens is 1. The summed E-state index contributed by atoms with van der Waals surface area (Å²) in [6, 6.07) is 14.1. The molecule has 0 aliphatic carbocycles. The van der Waals surface area contributed by atoms with Crippen LogP contribution in [0, 0.1) is 0 Å². The van der Waals surface area contributed by atoms with Crippen LogP contribution < -0.4 is 25.2 Å². The third kappa shape index (κ3) is 11.7. The first-order valence-electron chi connectivity index (χ1n) is 19.1. The Bertz CT molecular complexity index is 1880. The van der Waals surface area contributed by atoms with Crippen molar-refractivity contribution >= 4 is 83.3 Å². The molecular formula is C42H52N4O4S3Se. The molecule has 2 saturated heterocycles. The molecule has 3 aromatic rings. The maximum atomic E-state index is 11.0. The Labute approximate surface area is 338 Å². The number of carboxylic acids is 2. The Balaban J connectivity index is 1.16. The molecule has 4 heterocycles. The molecule has 0 atom stereocenters. The zero-order valence-electron chi connectivity index (χ0n) is 31.1. The fourth-order valence-corrected chi connectivity index (χ4v) is 12.7. The number of rotatable bonds is 18. The summed E-state index contributed by atoms with van der Waals surface area (Å²) in [5, 5.41) is 27.7. The standard InChI is InChI=1S/C42H52N4O4S3Se/c1-30(4-2-6-39-45(22-20-43-18-12-41(47)48)35-28-33(8-10-37(35)53-39)31-14-24-51-25-15-31)5-3-7-40-46(23-21-44-19-13-42(49)50)36-29-34(9-11-38(36)54-40)32-16-26-52-27-17-32/h2-11,28-29,31-32,43-44H,12-27H2,1H3,(H-,47,48,49,50). The van der Waals surface area contributed by atoms with E-state index in [2.05, 4.69) is 123 Å². The molecule has 0 saturated carbocycles. The Hall–Kier alpha value is -2.70. The van der Waals surface area contributed by atoms with Crippen LogP contribution >= 0.6 is 35.3 Å². The van der Waals surface area contributed by atoms with Crippen LogP contribution in [-0.4, -0.2) is 87.3 Å². The number of thioether (sulfide) groups is 3. The molecule has 2 aromatic carbocycles. The molecule has 0 unspecified atom stereocenters. The molecule has 6 rings (SSSR count). The number of allylic oxidation sites excluding steroid dienone is 6. The molecule has 0 radical (unpaired) electrons. The topological polar surface area (TPSA) is 109 Å². The van der Waals surface area contributed by atoms with Crippen molar-refractivity contribution in [1.29, 1.82) is 0 Å². The molecule has 3 N–H and O–H groups in total. The first kappa shape index (κ1) is 40.9. The SMILES string of the molecule is CC(/C=C/C=C1\Sc2ccc(C3CCSCC3)cc2N1CCNCCC(=O)[O-])=C\C=C\c1[se]c2ccc(C3CCSCC3)cc2[n+]1CCNCCC(=O)O. The van der Waals surface area contributed by atoms with Gasteiger partial charge in [-0.2, -0.15) is 11.8 Å². The summed E-state index contributed by atoms with van der Waals surface area (Å²) in [6.45, 7) is 5.97. The van der Waals surface area contributed by atoms with E-state index in [4.69, 9.17) is 5.11 Å². The molecule has 54 heavy (non-hydrogen) atoms. The van der Waals surface area contributed by atoms with E-state index in [0.717, 1.165) is 25.2 Å². The van der Waals surface area contributed by atoms with Crippen molar-refractivity contribution < 1.29 is 24.4 Å². The number of carbonyl (C=O) groups excluding carboxylic acids is 1. The van der Waals surface area contributed by atoms with E-state index in [1.165, 1.54) is 89.8 Å². The number of fused-ring (bicyclic) bond motifs is 2. The second-order valence-corrected chi connectivity index (χ2v) is 19.7. The van der Waals surface area contributed by atoms with E-state index in [0.29, 0.717) is 31.5 Å². The predicted octanol–water partition coefficient (Wildman–Crippen LogP) is 6.17. The summed E-state index contributed by atoms with van der Waals surface area (Å²) >= 11 is 6.10. The average molecular weight is 852 g/mol. The molecular weight excluding hydrogens is 800 g/mol. The molecule has 12 heteroatoms. The van der Waals surface area contributed by atoms with Crippen LogP contribution in [0.25, 0.3) is 15.9 Å². The summed E-state index contributed by atoms with van der Waals surface area (Å²) in [4.78, 5) is 25.6. The van der Waals surface area contributed by atoms with Gasteiger partial charge < -0.3 is 15.2 Å². The minimum absolute atomic E-state index is 0.0123. The van der Waals surface area contributed by atoms with E-state index in [1.54, 1.807) is 11.8 Å². The van der Waals surface area contributed by atoms with E-state index in [-0.39, 0.29) is 27.3 Å². The van der Waals surface area contributed by atoms with Gasteiger partial charge in [-0.05, 0) is 42.2 Å². The monoisotopic (exact) mass is 852 g/mol. The second-order valence-electron chi connectivity index (χ2n) is 14.0. The Morgan fingerprint density at radius 2 is 1.61 bits per heavy atom. The van der Waals surface area contributed by atoms with E-state index >= 15 is 0 Å². The fraction of sp³-hybridized carbons (Fsp3) is 0.452. The number of carbonyl (C=O) groups is 2. The first-order valence-corrected chi connectivity index (χ1v) is 24.0. The van der Waals surface area contributed by atoms with Gasteiger partial charge in [0.2, 0.25) is 0 Å². The Kier molecular flexibility index (Phi) is 15.9. The molecule has 2 fully saturated rings. The molecule has 0 bridgehead atoms. The third-order valence-electron chi connectivity index (χ3n) is 10.1. The summed E-state index contributed by atoms with van der Waals surface area (Å²) in [5.41, 5.74) is 6.59. The molecule has 1 aromatic heterocycles. The summed E-state index contributed by atoms with van der Waals surface area (Å²) < 4.78 is 5.17. The van der Waals surface area contributed by atoms with Gasteiger partial charge in [0.05, 0.1) is 0 Å². The van der Waals surface area contributed by atoms with Crippen molar-refractivity contribution in [3.63, 3.8) is 0 Å². The molecule has 3 aliphatic heterocycles. The van der Waals surface area contributed by atoms with Crippen LogP contribution in [0.1, 0.15) is 73.0 Å². The fourth-order valence-electron chi connectivity index (χ4n) is 7.15. The quantitative estimate of drug-likeness (QED) is 0.0596. The molecule has 3 aliphatic rings. The van der Waals surface area contributed by atoms with Crippen molar-refractivity contribution in [2.24, 2.45) is 0 Å². The van der Waals surface area contributed by atoms with Crippen LogP contribution in [0.2, 0.25) is 0 Å². The van der Waals surface area contributed by atoms with Gasteiger partial charge in [0.25, 0.3) is 0 Å². The number of hydrogen-bond donors (Lipinski definition) is 3. The second kappa shape index (κ2) is 21.0. The van der Waals surface area contributed by atoms with Crippen LogP contribution in [-0.2, 0) is 16.1 Å². The van der Waals surface area contributed by atoms with Gasteiger partial charge in [0.15, 0.2) is 0 Å². The number of aliphatic carboxylic acids is 2. The van der Waals surface area contributed by atoms with Gasteiger partial charge in [-0.15, -0.1) is 0 Å². The molecule has 0 spiro atoms. The molecule has 0 amide bonds. The third-order valence-corrected chi connectivity index (χ3v) is 15.7. The van der Waals surface area contributed by atoms with Gasteiger partial charge >= 0.3 is 253 Å². The van der Waals surface area contributed by atoms with E-state index in [9.17, 15) is 14.7 Å². The average Bonchev–Trinajstić information content (AvgIpc) is 3.71. The van der Waals surface area contributed by atoms with Crippen molar-refractivity contribution in [3.8, 4) is 0 Å². The zero-order valence-corrected chi connectivity index (χ0v) is 35.3. The predicted molar refractivity (Wildman–Crippen MR) is 227 cm³/mol. The van der Waals surface area contributed by atoms with E-state index in [1.807, 2.05) is 0 Å². The number of benzene rings is 2. The van der Waals surface area contributed by atoms with Gasteiger partial charge in [0, 0.05) is 12.5 Å². The number of carboxylic acid groups (broad SMARTS) is 2. The number of nitrogens with one attached hydrogen (secondary N) is 2.